The highest BCUT2D eigenvalue weighted by atomic mass is 79.9. The van der Waals surface area contributed by atoms with Crippen LogP contribution in [0.25, 0.3) is 0 Å². The van der Waals surface area contributed by atoms with Gasteiger partial charge in [0.15, 0.2) is 5.78 Å². The first-order valence-corrected chi connectivity index (χ1v) is 6.99. The van der Waals surface area contributed by atoms with E-state index in [0.717, 1.165) is 22.2 Å². The van der Waals surface area contributed by atoms with Crippen LogP contribution in [0.4, 0.5) is 0 Å². The van der Waals surface area contributed by atoms with Crippen LogP contribution in [0.5, 0.6) is 5.75 Å². The van der Waals surface area contributed by atoms with Crippen LogP contribution in [0.15, 0.2) is 22.7 Å². The van der Waals surface area contributed by atoms with E-state index in [4.69, 9.17) is 16.3 Å². The van der Waals surface area contributed by atoms with Gasteiger partial charge in [0.05, 0.1) is 0 Å². The van der Waals surface area contributed by atoms with Gasteiger partial charge in [-0.3, -0.25) is 4.79 Å². The molecule has 0 unspecified atom stereocenters. The fourth-order valence-electron chi connectivity index (χ4n) is 1.46. The summed E-state index contributed by atoms with van der Waals surface area (Å²) in [6, 6.07) is 5.81. The molecule has 0 heterocycles. The summed E-state index contributed by atoms with van der Waals surface area (Å²) in [6.45, 7) is 2.19. The van der Waals surface area contributed by atoms with Crippen molar-refractivity contribution >= 4 is 33.3 Å². The van der Waals surface area contributed by atoms with Crippen molar-refractivity contribution in [1.29, 1.82) is 0 Å². The molecule has 0 N–H and O–H groups in total. The second kappa shape index (κ2) is 7.72. The zero-order valence-electron chi connectivity index (χ0n) is 9.84. The lowest BCUT2D eigenvalue weighted by atomic mass is 10.1. The van der Waals surface area contributed by atoms with E-state index < -0.39 is 0 Å². The molecule has 1 aromatic carbocycles. The second-order valence-electron chi connectivity index (χ2n) is 3.73. The van der Waals surface area contributed by atoms with E-state index in [0.29, 0.717) is 18.7 Å². The number of carbonyl (C=O) groups excluding carboxylic acids is 1. The quantitative estimate of drug-likeness (QED) is 0.711. The number of rotatable bonds is 7. The van der Waals surface area contributed by atoms with Gasteiger partial charge in [0.1, 0.15) is 12.4 Å². The molecule has 0 spiro atoms. The molecule has 0 saturated carbocycles. The SMILES string of the molecule is CCc1cc(Br)ccc1OCC(=O)CCCCl. The van der Waals surface area contributed by atoms with Crippen molar-refractivity contribution in [2.45, 2.75) is 26.2 Å². The van der Waals surface area contributed by atoms with Crippen molar-refractivity contribution in [2.24, 2.45) is 0 Å². The van der Waals surface area contributed by atoms with Crippen LogP contribution in [-0.4, -0.2) is 18.3 Å². The lowest BCUT2D eigenvalue weighted by Crippen LogP contribution is -2.12. The number of benzene rings is 1. The van der Waals surface area contributed by atoms with Gasteiger partial charge >= 0.3 is 0 Å². The number of ether oxygens (including phenoxy) is 1. The predicted octanol–water partition coefficient (Wildman–Crippen LogP) is 3.98. The molecule has 0 bridgehead atoms. The first-order valence-electron chi connectivity index (χ1n) is 5.66. The van der Waals surface area contributed by atoms with E-state index in [-0.39, 0.29) is 12.4 Å². The van der Waals surface area contributed by atoms with E-state index in [1.165, 1.54) is 0 Å². The average molecular weight is 320 g/mol. The Kier molecular flexibility index (Phi) is 6.60. The molecule has 2 nitrogen and oxygen atoms in total. The minimum atomic E-state index is 0.0932. The maximum Gasteiger partial charge on any atom is 0.170 e. The summed E-state index contributed by atoms with van der Waals surface area (Å²) in [5, 5.41) is 0. The lowest BCUT2D eigenvalue weighted by molar-refractivity contribution is -0.121. The van der Waals surface area contributed by atoms with Gasteiger partial charge in [-0.15, -0.1) is 11.6 Å². The van der Waals surface area contributed by atoms with E-state index in [9.17, 15) is 4.79 Å². The molecule has 0 aromatic heterocycles. The monoisotopic (exact) mass is 318 g/mol. The summed E-state index contributed by atoms with van der Waals surface area (Å²) in [7, 11) is 0. The molecular formula is C13H16BrClO2. The smallest absolute Gasteiger partial charge is 0.170 e. The van der Waals surface area contributed by atoms with Crippen LogP contribution >= 0.6 is 27.5 Å². The Morgan fingerprint density at radius 3 is 2.88 bits per heavy atom. The van der Waals surface area contributed by atoms with Gasteiger partial charge in [-0.05, 0) is 36.6 Å². The Bertz CT molecular complexity index is 380. The highest BCUT2D eigenvalue weighted by molar-refractivity contribution is 9.10. The third-order valence-corrected chi connectivity index (χ3v) is 3.14. The number of halogens is 2. The number of hydrogen-bond acceptors (Lipinski definition) is 2. The molecule has 1 rings (SSSR count). The topological polar surface area (TPSA) is 26.3 Å². The molecule has 0 fully saturated rings. The number of carbonyl (C=O) groups is 1. The van der Waals surface area contributed by atoms with Crippen molar-refractivity contribution in [3.05, 3.63) is 28.2 Å². The van der Waals surface area contributed by atoms with Gasteiger partial charge in [-0.2, -0.15) is 0 Å². The van der Waals surface area contributed by atoms with Gasteiger partial charge < -0.3 is 4.74 Å². The third-order valence-electron chi connectivity index (χ3n) is 2.38. The van der Waals surface area contributed by atoms with Gasteiger partial charge in [-0.1, -0.05) is 22.9 Å². The number of Topliss-reactive ketones (excluding diaryl/α,β-unsaturated/α-hetero) is 1. The van der Waals surface area contributed by atoms with Crippen molar-refractivity contribution in [3.8, 4) is 5.75 Å². The number of aryl methyl sites for hydroxylation is 1. The van der Waals surface area contributed by atoms with Gasteiger partial charge in [0, 0.05) is 16.8 Å². The summed E-state index contributed by atoms with van der Waals surface area (Å²) < 4.78 is 6.55. The maximum atomic E-state index is 11.4. The summed E-state index contributed by atoms with van der Waals surface area (Å²) in [5.41, 5.74) is 1.10. The van der Waals surface area contributed by atoms with E-state index in [2.05, 4.69) is 22.9 Å². The van der Waals surface area contributed by atoms with Crippen LogP contribution < -0.4 is 4.74 Å². The first-order chi connectivity index (χ1) is 8.17. The third kappa shape index (κ3) is 5.09. The molecule has 0 atom stereocenters. The summed E-state index contributed by atoms with van der Waals surface area (Å²) in [6.07, 6.45) is 2.08. The molecule has 17 heavy (non-hydrogen) atoms. The number of ketones is 1. The molecule has 1 aromatic rings. The summed E-state index contributed by atoms with van der Waals surface area (Å²) >= 11 is 8.94. The fraction of sp³-hybridized carbons (Fsp3) is 0.462. The van der Waals surface area contributed by atoms with Crippen molar-refractivity contribution < 1.29 is 9.53 Å². The number of alkyl halides is 1. The van der Waals surface area contributed by atoms with Crippen molar-refractivity contribution in [1.82, 2.24) is 0 Å². The number of hydrogen-bond donors (Lipinski definition) is 0. The molecule has 0 aliphatic heterocycles. The van der Waals surface area contributed by atoms with Crippen LogP contribution in [0, 0.1) is 0 Å². The summed E-state index contributed by atoms with van der Waals surface area (Å²) in [4.78, 5) is 11.4. The van der Waals surface area contributed by atoms with Crippen molar-refractivity contribution in [3.63, 3.8) is 0 Å². The van der Waals surface area contributed by atoms with Crippen LogP contribution in [0.3, 0.4) is 0 Å². The Morgan fingerprint density at radius 2 is 2.24 bits per heavy atom. The zero-order chi connectivity index (χ0) is 12.7. The minimum absolute atomic E-state index is 0.0932. The Hall–Kier alpha value is -0.540. The second-order valence-corrected chi connectivity index (χ2v) is 5.02. The molecule has 0 aliphatic rings. The normalized spacial score (nSPS) is 10.3. The Balaban J connectivity index is 2.54. The molecule has 94 valence electrons. The van der Waals surface area contributed by atoms with Crippen molar-refractivity contribution in [2.75, 3.05) is 12.5 Å². The highest BCUT2D eigenvalue weighted by Crippen LogP contribution is 2.23. The predicted molar refractivity (Wildman–Crippen MR) is 74.0 cm³/mol. The van der Waals surface area contributed by atoms with Gasteiger partial charge in [-0.25, -0.2) is 0 Å². The standard InChI is InChI=1S/C13H16BrClO2/c1-2-10-8-11(14)5-6-13(10)17-9-12(16)4-3-7-15/h5-6,8H,2-4,7,9H2,1H3. The maximum absolute atomic E-state index is 11.4. The average Bonchev–Trinajstić information content (AvgIpc) is 2.34. The van der Waals surface area contributed by atoms with Crippen LogP contribution in [-0.2, 0) is 11.2 Å². The molecule has 0 aliphatic carbocycles. The Morgan fingerprint density at radius 1 is 1.47 bits per heavy atom. The summed E-state index contributed by atoms with van der Waals surface area (Å²) in [5.74, 6) is 1.40. The van der Waals surface area contributed by atoms with Crippen LogP contribution in [0.1, 0.15) is 25.3 Å². The fourth-order valence-corrected chi connectivity index (χ4v) is 2.00. The largest absolute Gasteiger partial charge is 0.486 e. The van der Waals surface area contributed by atoms with E-state index >= 15 is 0 Å². The molecule has 0 saturated heterocycles. The molecular weight excluding hydrogens is 303 g/mol. The zero-order valence-corrected chi connectivity index (χ0v) is 12.2. The Labute approximate surface area is 115 Å². The van der Waals surface area contributed by atoms with Crippen LogP contribution in [0.2, 0.25) is 0 Å². The van der Waals surface area contributed by atoms with Gasteiger partial charge in [0.2, 0.25) is 0 Å². The van der Waals surface area contributed by atoms with E-state index in [1.807, 2.05) is 18.2 Å². The van der Waals surface area contributed by atoms with Gasteiger partial charge in [0.25, 0.3) is 0 Å². The molecule has 0 radical (unpaired) electrons. The highest BCUT2D eigenvalue weighted by Gasteiger charge is 2.06. The molecule has 4 heteroatoms. The lowest BCUT2D eigenvalue weighted by Gasteiger charge is -2.10. The van der Waals surface area contributed by atoms with E-state index in [1.54, 1.807) is 0 Å². The minimum Gasteiger partial charge on any atom is -0.486 e. The first kappa shape index (κ1) is 14.5. The molecule has 0 amide bonds.